The average Bonchev–Trinajstić information content (AvgIpc) is 3.27. The number of hydrogen-bond acceptors (Lipinski definition) is 3. The number of hydrogen-bond donors (Lipinski definition) is 3. The van der Waals surface area contributed by atoms with Crippen LogP contribution < -0.4 is 16.4 Å². The monoisotopic (exact) mass is 367 g/mol. The van der Waals surface area contributed by atoms with Crippen LogP contribution in [-0.4, -0.2) is 5.91 Å². The third-order valence-electron chi connectivity index (χ3n) is 5.55. The van der Waals surface area contributed by atoms with Crippen LogP contribution in [0.25, 0.3) is 11.3 Å². The van der Waals surface area contributed by atoms with Crippen LogP contribution >= 0.6 is 0 Å². The number of benzene rings is 3. The van der Waals surface area contributed by atoms with Crippen molar-refractivity contribution in [3.8, 4) is 0 Å². The van der Waals surface area contributed by atoms with Crippen molar-refractivity contribution in [1.29, 1.82) is 0 Å². The highest BCUT2D eigenvalue weighted by molar-refractivity contribution is 6.36. The first-order chi connectivity index (χ1) is 13.7. The Morgan fingerprint density at radius 1 is 1.00 bits per heavy atom. The van der Waals surface area contributed by atoms with Gasteiger partial charge in [-0.25, -0.2) is 0 Å². The summed E-state index contributed by atoms with van der Waals surface area (Å²) in [5, 5.41) is 6.68. The molecule has 5 rings (SSSR count). The molecule has 3 aromatic carbocycles. The van der Waals surface area contributed by atoms with E-state index in [-0.39, 0.29) is 11.9 Å². The van der Waals surface area contributed by atoms with Crippen molar-refractivity contribution in [2.75, 3.05) is 11.1 Å². The highest BCUT2D eigenvalue weighted by atomic mass is 16.2. The van der Waals surface area contributed by atoms with Crippen LogP contribution in [-0.2, 0) is 11.2 Å². The summed E-state index contributed by atoms with van der Waals surface area (Å²) in [5.74, 6) is -0.0989. The zero-order chi connectivity index (χ0) is 19.1. The van der Waals surface area contributed by atoms with E-state index in [2.05, 4.69) is 34.9 Å². The SMILES string of the molecule is Nc1ccc2c(c1)/C(=C(/N[C@@H]1CCc3ccccc31)c1ccccc1)C(=O)N2. The van der Waals surface area contributed by atoms with Gasteiger partial charge in [-0.1, -0.05) is 54.6 Å². The predicted molar refractivity (Wildman–Crippen MR) is 113 cm³/mol. The van der Waals surface area contributed by atoms with Gasteiger partial charge in [-0.2, -0.15) is 0 Å². The zero-order valence-electron chi connectivity index (χ0n) is 15.4. The van der Waals surface area contributed by atoms with Crippen LogP contribution in [0.5, 0.6) is 0 Å². The molecule has 1 amide bonds. The number of fused-ring (bicyclic) bond motifs is 2. The quantitative estimate of drug-likeness (QED) is 0.476. The van der Waals surface area contributed by atoms with Gasteiger partial charge in [0, 0.05) is 16.9 Å². The molecule has 0 aromatic heterocycles. The Labute approximate surface area is 164 Å². The van der Waals surface area contributed by atoms with Crippen molar-refractivity contribution < 1.29 is 4.79 Å². The summed E-state index contributed by atoms with van der Waals surface area (Å²) in [5.41, 5.74) is 13.5. The summed E-state index contributed by atoms with van der Waals surface area (Å²) in [4.78, 5) is 12.9. The lowest BCUT2D eigenvalue weighted by Gasteiger charge is -2.21. The molecular formula is C24H21N3O. The number of anilines is 2. The Morgan fingerprint density at radius 2 is 1.79 bits per heavy atom. The first-order valence-electron chi connectivity index (χ1n) is 9.56. The lowest BCUT2D eigenvalue weighted by atomic mass is 9.98. The summed E-state index contributed by atoms with van der Waals surface area (Å²) in [7, 11) is 0. The molecule has 0 saturated carbocycles. The van der Waals surface area contributed by atoms with Crippen molar-refractivity contribution in [2.45, 2.75) is 18.9 Å². The maximum atomic E-state index is 12.9. The molecule has 3 aromatic rings. The number of rotatable bonds is 3. The first kappa shape index (κ1) is 16.6. The van der Waals surface area contributed by atoms with Crippen LogP contribution in [0.15, 0.2) is 72.8 Å². The number of carbonyl (C=O) groups excluding carboxylic acids is 1. The first-order valence-corrected chi connectivity index (χ1v) is 9.56. The minimum Gasteiger partial charge on any atom is -0.399 e. The van der Waals surface area contributed by atoms with Crippen LogP contribution in [0.2, 0.25) is 0 Å². The van der Waals surface area contributed by atoms with Gasteiger partial charge in [0.2, 0.25) is 0 Å². The maximum Gasteiger partial charge on any atom is 0.258 e. The molecule has 0 radical (unpaired) electrons. The van der Waals surface area contributed by atoms with Crippen molar-refractivity contribution in [3.63, 3.8) is 0 Å². The zero-order valence-corrected chi connectivity index (χ0v) is 15.4. The van der Waals surface area contributed by atoms with Gasteiger partial charge in [0.25, 0.3) is 5.91 Å². The predicted octanol–water partition coefficient (Wildman–Crippen LogP) is 4.37. The number of nitrogen functional groups attached to an aromatic ring is 1. The molecule has 2 aliphatic rings. The van der Waals surface area contributed by atoms with Crippen LogP contribution in [0.4, 0.5) is 11.4 Å². The van der Waals surface area contributed by atoms with E-state index in [1.54, 1.807) is 0 Å². The van der Waals surface area contributed by atoms with Crippen molar-refractivity contribution >= 4 is 28.6 Å². The molecule has 138 valence electrons. The second-order valence-electron chi connectivity index (χ2n) is 7.31. The summed E-state index contributed by atoms with van der Waals surface area (Å²) in [6.45, 7) is 0. The molecule has 0 unspecified atom stereocenters. The van der Waals surface area contributed by atoms with Gasteiger partial charge in [-0.05, 0) is 47.7 Å². The van der Waals surface area contributed by atoms with Gasteiger partial charge >= 0.3 is 0 Å². The highest BCUT2D eigenvalue weighted by Gasteiger charge is 2.31. The molecule has 0 saturated heterocycles. The Hall–Kier alpha value is -3.53. The average molecular weight is 367 g/mol. The molecule has 1 aliphatic carbocycles. The third kappa shape index (κ3) is 2.74. The van der Waals surface area contributed by atoms with Gasteiger partial charge in [-0.15, -0.1) is 0 Å². The van der Waals surface area contributed by atoms with Crippen LogP contribution in [0.3, 0.4) is 0 Å². The Balaban J connectivity index is 1.66. The third-order valence-corrected chi connectivity index (χ3v) is 5.55. The Bertz CT molecular complexity index is 1100. The van der Waals surface area contributed by atoms with Gasteiger partial charge < -0.3 is 16.4 Å². The van der Waals surface area contributed by atoms with E-state index in [0.29, 0.717) is 11.3 Å². The van der Waals surface area contributed by atoms with Crippen molar-refractivity contribution in [2.24, 2.45) is 0 Å². The highest BCUT2D eigenvalue weighted by Crippen LogP contribution is 2.39. The number of carbonyl (C=O) groups is 1. The van der Waals surface area contributed by atoms with E-state index in [1.807, 2.05) is 48.5 Å². The van der Waals surface area contributed by atoms with Gasteiger partial charge in [0.05, 0.1) is 17.3 Å². The fourth-order valence-electron chi connectivity index (χ4n) is 4.22. The van der Waals surface area contributed by atoms with Crippen LogP contribution in [0.1, 0.15) is 34.7 Å². The van der Waals surface area contributed by atoms with E-state index >= 15 is 0 Å². The summed E-state index contributed by atoms with van der Waals surface area (Å²) in [6, 6.07) is 24.3. The fourth-order valence-corrected chi connectivity index (χ4v) is 4.22. The summed E-state index contributed by atoms with van der Waals surface area (Å²) >= 11 is 0. The Kier molecular flexibility index (Phi) is 3.90. The van der Waals surface area contributed by atoms with Crippen molar-refractivity contribution in [1.82, 2.24) is 5.32 Å². The largest absolute Gasteiger partial charge is 0.399 e. The number of nitrogens with one attached hydrogen (secondary N) is 2. The minimum absolute atomic E-state index is 0.0989. The van der Waals surface area contributed by atoms with Gasteiger partial charge in [0.15, 0.2) is 0 Å². The summed E-state index contributed by atoms with van der Waals surface area (Å²) in [6.07, 6.45) is 2.05. The van der Waals surface area contributed by atoms with Gasteiger partial charge in [0.1, 0.15) is 0 Å². The smallest absolute Gasteiger partial charge is 0.258 e. The maximum absolute atomic E-state index is 12.9. The Morgan fingerprint density at radius 3 is 2.64 bits per heavy atom. The topological polar surface area (TPSA) is 67.1 Å². The molecule has 0 fully saturated rings. The summed E-state index contributed by atoms with van der Waals surface area (Å²) < 4.78 is 0. The van der Waals surface area contributed by atoms with Crippen LogP contribution in [0, 0.1) is 0 Å². The molecule has 1 heterocycles. The number of amides is 1. The normalized spacial score (nSPS) is 19.0. The molecule has 1 atom stereocenters. The van der Waals surface area contributed by atoms with E-state index in [4.69, 9.17) is 5.73 Å². The molecule has 4 N–H and O–H groups in total. The van der Waals surface area contributed by atoms with E-state index in [1.165, 1.54) is 11.1 Å². The lowest BCUT2D eigenvalue weighted by molar-refractivity contribution is -0.110. The number of aryl methyl sites for hydroxylation is 1. The molecule has 1 aliphatic heterocycles. The van der Waals surface area contributed by atoms with E-state index in [0.717, 1.165) is 35.4 Å². The standard InChI is InChI=1S/C24H21N3O/c25-17-11-13-21-19(14-17)22(24(28)27-21)23(16-7-2-1-3-8-16)26-20-12-10-15-6-4-5-9-18(15)20/h1-9,11,13-14,20,26H,10,12,25H2,(H,27,28)/b23-22-/t20-/m1/s1. The van der Waals surface area contributed by atoms with Crippen molar-refractivity contribution in [3.05, 3.63) is 95.1 Å². The minimum atomic E-state index is -0.0989. The fraction of sp³-hybridized carbons (Fsp3) is 0.125. The van der Waals surface area contributed by atoms with E-state index < -0.39 is 0 Å². The molecule has 0 bridgehead atoms. The second-order valence-corrected chi connectivity index (χ2v) is 7.31. The second kappa shape index (κ2) is 6.57. The molecule has 4 heteroatoms. The molecular weight excluding hydrogens is 346 g/mol. The molecule has 4 nitrogen and oxygen atoms in total. The molecule has 0 spiro atoms. The molecule has 28 heavy (non-hydrogen) atoms. The number of nitrogens with two attached hydrogens (primary N) is 1. The lowest BCUT2D eigenvalue weighted by Crippen LogP contribution is -2.21. The van der Waals surface area contributed by atoms with Gasteiger partial charge in [-0.3, -0.25) is 4.79 Å². The van der Waals surface area contributed by atoms with E-state index in [9.17, 15) is 4.79 Å².